The summed E-state index contributed by atoms with van der Waals surface area (Å²) >= 11 is 0. The highest BCUT2D eigenvalue weighted by molar-refractivity contribution is 5.96. The Hall–Kier alpha value is -1.82. The second kappa shape index (κ2) is 3.84. The smallest absolute Gasteiger partial charge is 0.276 e. The number of likely N-dealkylation sites (tertiary alicyclic amines) is 1. The highest BCUT2D eigenvalue weighted by Crippen LogP contribution is 2.31. The minimum absolute atomic E-state index is 0.176. The van der Waals surface area contributed by atoms with Crippen molar-refractivity contribution in [1.29, 1.82) is 0 Å². The summed E-state index contributed by atoms with van der Waals surface area (Å²) in [4.78, 5) is 26.7. The van der Waals surface area contributed by atoms with Crippen molar-refractivity contribution >= 4 is 11.6 Å². The van der Waals surface area contributed by atoms with E-state index in [-0.39, 0.29) is 17.2 Å². The summed E-state index contributed by atoms with van der Waals surface area (Å²) in [5.74, 6) is -0.176. The molecule has 0 aromatic carbocycles. The van der Waals surface area contributed by atoms with Crippen LogP contribution < -0.4 is 16.6 Å². The fourth-order valence-electron chi connectivity index (χ4n) is 3.32. The van der Waals surface area contributed by atoms with Crippen molar-refractivity contribution in [2.75, 3.05) is 25.9 Å². The summed E-state index contributed by atoms with van der Waals surface area (Å²) < 4.78 is 1.58. The number of aromatic nitrogens is 1. The molecule has 0 radical (unpaired) electrons. The van der Waals surface area contributed by atoms with Crippen molar-refractivity contribution in [2.24, 2.45) is 0 Å². The zero-order valence-electron chi connectivity index (χ0n) is 11.2. The number of nitrogens with zero attached hydrogens (tertiary/aromatic N) is 2. The number of piperidine rings is 1. The number of carbonyl (C=O) groups excluding carboxylic acids is 1. The zero-order valence-corrected chi connectivity index (χ0v) is 11.2. The van der Waals surface area contributed by atoms with Crippen molar-refractivity contribution in [3.8, 4) is 0 Å². The van der Waals surface area contributed by atoms with Gasteiger partial charge in [0.2, 0.25) is 0 Å². The van der Waals surface area contributed by atoms with Gasteiger partial charge in [0, 0.05) is 6.54 Å². The third-order valence-corrected chi connectivity index (χ3v) is 4.07. The van der Waals surface area contributed by atoms with Gasteiger partial charge in [-0.2, -0.15) is 0 Å². The van der Waals surface area contributed by atoms with Crippen molar-refractivity contribution in [2.45, 2.75) is 25.4 Å². The van der Waals surface area contributed by atoms with Crippen molar-refractivity contribution in [1.82, 2.24) is 14.8 Å². The summed E-state index contributed by atoms with van der Waals surface area (Å²) in [7, 11) is 2.00. The third-order valence-electron chi connectivity index (χ3n) is 4.07. The molecular weight excluding hydrogens is 244 g/mol. The number of hydrogen-bond acceptors (Lipinski definition) is 4. The summed E-state index contributed by atoms with van der Waals surface area (Å²) in [5.41, 5.74) is 6.28. The van der Waals surface area contributed by atoms with Gasteiger partial charge in [-0.15, -0.1) is 0 Å². The Balaban J connectivity index is 2.26. The minimum atomic E-state index is -0.628. The molecule has 19 heavy (non-hydrogen) atoms. The molecule has 1 aromatic rings. The lowest BCUT2D eigenvalue weighted by molar-refractivity contribution is 0.0755. The topological polar surface area (TPSA) is 80.4 Å². The van der Waals surface area contributed by atoms with E-state index in [9.17, 15) is 9.59 Å². The van der Waals surface area contributed by atoms with Gasteiger partial charge >= 0.3 is 0 Å². The first-order valence-corrected chi connectivity index (χ1v) is 6.48. The maximum atomic E-state index is 12.4. The Morgan fingerprint density at radius 1 is 1.42 bits per heavy atom. The fourth-order valence-corrected chi connectivity index (χ4v) is 3.32. The molecule has 0 aliphatic carbocycles. The van der Waals surface area contributed by atoms with Crippen LogP contribution in [0.25, 0.3) is 0 Å². The largest absolute Gasteiger partial charge is 0.394 e. The van der Waals surface area contributed by atoms with Gasteiger partial charge in [0.1, 0.15) is 11.4 Å². The first-order chi connectivity index (χ1) is 8.94. The van der Waals surface area contributed by atoms with Crippen molar-refractivity contribution in [3.05, 3.63) is 27.7 Å². The fraction of sp³-hybridized carbons (Fsp3) is 0.538. The van der Waals surface area contributed by atoms with Gasteiger partial charge in [-0.25, -0.2) is 0 Å². The number of anilines is 1. The molecule has 1 saturated heterocycles. The van der Waals surface area contributed by atoms with Gasteiger partial charge < -0.3 is 16.0 Å². The first-order valence-electron chi connectivity index (χ1n) is 6.48. The van der Waals surface area contributed by atoms with Crippen LogP contribution in [0.5, 0.6) is 0 Å². The molecule has 1 amide bonds. The van der Waals surface area contributed by atoms with E-state index in [0.717, 1.165) is 24.9 Å². The number of pyridine rings is 1. The Labute approximate surface area is 111 Å². The lowest BCUT2D eigenvalue weighted by atomic mass is 9.98. The molecule has 6 heteroatoms. The van der Waals surface area contributed by atoms with Crippen LogP contribution in [0, 0.1) is 6.92 Å². The molecule has 2 aliphatic rings. The molecular formula is C13H18N4O2. The van der Waals surface area contributed by atoms with Gasteiger partial charge in [-0.3, -0.25) is 14.2 Å². The normalized spacial score (nSPS) is 26.5. The van der Waals surface area contributed by atoms with Gasteiger partial charge in [-0.05, 0) is 45.0 Å². The predicted octanol–water partition coefficient (Wildman–Crippen LogP) is -0.139. The first kappa shape index (κ1) is 12.2. The van der Waals surface area contributed by atoms with E-state index < -0.39 is 5.66 Å². The molecule has 0 saturated carbocycles. The third kappa shape index (κ3) is 1.59. The molecule has 3 heterocycles. The molecule has 2 aliphatic heterocycles. The van der Waals surface area contributed by atoms with Crippen LogP contribution >= 0.6 is 0 Å². The van der Waals surface area contributed by atoms with Gasteiger partial charge in [-0.1, -0.05) is 0 Å². The maximum Gasteiger partial charge on any atom is 0.276 e. The van der Waals surface area contributed by atoms with E-state index in [1.165, 1.54) is 0 Å². The van der Waals surface area contributed by atoms with Crippen LogP contribution in [0.1, 0.15) is 28.9 Å². The summed E-state index contributed by atoms with van der Waals surface area (Å²) in [6, 6.07) is 1.58. The van der Waals surface area contributed by atoms with E-state index in [1.807, 2.05) is 14.0 Å². The van der Waals surface area contributed by atoms with E-state index in [2.05, 4.69) is 10.2 Å². The minimum Gasteiger partial charge on any atom is -0.394 e. The van der Waals surface area contributed by atoms with Crippen LogP contribution in [-0.4, -0.2) is 35.5 Å². The number of rotatable bonds is 0. The van der Waals surface area contributed by atoms with E-state index in [4.69, 9.17) is 5.73 Å². The monoisotopic (exact) mass is 262 g/mol. The SMILES string of the molecule is Cc1cc(N)c(=O)n2c1C(=O)N[C@]21CCCN(C)C1. The quantitative estimate of drug-likeness (QED) is 0.682. The van der Waals surface area contributed by atoms with Crippen LogP contribution in [0.2, 0.25) is 0 Å². The Bertz CT molecular complexity index is 622. The number of fused-ring (bicyclic) bond motifs is 2. The number of nitrogen functional groups attached to an aromatic ring is 1. The molecule has 1 atom stereocenters. The van der Waals surface area contributed by atoms with E-state index >= 15 is 0 Å². The molecule has 0 bridgehead atoms. The van der Waals surface area contributed by atoms with Crippen LogP contribution in [0.15, 0.2) is 10.9 Å². The molecule has 0 unspecified atom stereocenters. The van der Waals surface area contributed by atoms with E-state index in [0.29, 0.717) is 12.2 Å². The average molecular weight is 262 g/mol. The molecule has 1 spiro atoms. The lowest BCUT2D eigenvalue weighted by Crippen LogP contribution is -2.57. The molecule has 102 valence electrons. The lowest BCUT2D eigenvalue weighted by Gasteiger charge is -2.39. The Morgan fingerprint density at radius 2 is 2.16 bits per heavy atom. The second-order valence-electron chi connectivity index (χ2n) is 5.60. The molecule has 1 fully saturated rings. The number of carbonyl (C=O) groups is 1. The summed E-state index contributed by atoms with van der Waals surface area (Å²) in [6.07, 6.45) is 1.70. The van der Waals surface area contributed by atoms with Crippen molar-refractivity contribution < 1.29 is 4.79 Å². The second-order valence-corrected chi connectivity index (χ2v) is 5.60. The number of likely N-dealkylation sites (N-methyl/N-ethyl adjacent to an activating group) is 1. The van der Waals surface area contributed by atoms with Gasteiger partial charge in [0.05, 0.1) is 5.69 Å². The number of aryl methyl sites for hydroxylation is 1. The predicted molar refractivity (Wildman–Crippen MR) is 72.0 cm³/mol. The Morgan fingerprint density at radius 3 is 2.84 bits per heavy atom. The zero-order chi connectivity index (χ0) is 13.8. The highest BCUT2D eigenvalue weighted by atomic mass is 16.2. The Kier molecular flexibility index (Phi) is 2.47. The van der Waals surface area contributed by atoms with Gasteiger partial charge in [0.15, 0.2) is 0 Å². The van der Waals surface area contributed by atoms with Crippen LogP contribution in [0.4, 0.5) is 5.69 Å². The van der Waals surface area contributed by atoms with Gasteiger partial charge in [0.25, 0.3) is 11.5 Å². The van der Waals surface area contributed by atoms with E-state index in [1.54, 1.807) is 10.6 Å². The average Bonchev–Trinajstić information content (AvgIpc) is 2.59. The highest BCUT2D eigenvalue weighted by Gasteiger charge is 2.46. The molecule has 1 aromatic heterocycles. The van der Waals surface area contributed by atoms with Crippen molar-refractivity contribution in [3.63, 3.8) is 0 Å². The summed E-state index contributed by atoms with van der Waals surface area (Å²) in [6.45, 7) is 3.42. The standard InChI is InChI=1S/C13H18N4O2/c1-8-6-9(14)12(19)17-10(8)11(18)15-13(17)4-3-5-16(2)7-13/h6H,3-5,7,14H2,1-2H3,(H,15,18)/t13-/m1/s1. The van der Waals surface area contributed by atoms with Crippen LogP contribution in [-0.2, 0) is 5.66 Å². The number of amides is 1. The van der Waals surface area contributed by atoms with Crippen LogP contribution in [0.3, 0.4) is 0 Å². The number of hydrogen-bond donors (Lipinski definition) is 2. The summed E-state index contributed by atoms with van der Waals surface area (Å²) in [5, 5.41) is 3.00. The number of nitrogens with one attached hydrogen (secondary N) is 1. The number of nitrogens with two attached hydrogens (primary N) is 1. The molecule has 3 rings (SSSR count). The molecule has 3 N–H and O–H groups in total. The molecule has 6 nitrogen and oxygen atoms in total. The maximum absolute atomic E-state index is 12.4.